The van der Waals surface area contributed by atoms with Crippen molar-refractivity contribution in [2.75, 3.05) is 12.4 Å². The van der Waals surface area contributed by atoms with Gasteiger partial charge in [0.15, 0.2) is 0 Å². The summed E-state index contributed by atoms with van der Waals surface area (Å²) in [6.45, 7) is 4.71. The maximum Gasteiger partial charge on any atom is 0.131 e. The summed E-state index contributed by atoms with van der Waals surface area (Å²) in [5.74, 6) is 1.78. The molecule has 0 bridgehead atoms. The van der Waals surface area contributed by atoms with E-state index in [0.717, 1.165) is 18.1 Å². The monoisotopic (exact) mass is 376 g/mol. The van der Waals surface area contributed by atoms with E-state index in [0.29, 0.717) is 0 Å². The first kappa shape index (κ1) is 23.2. The topological polar surface area (TPSA) is 69.9 Å². The van der Waals surface area contributed by atoms with Crippen molar-refractivity contribution in [1.82, 2.24) is 0 Å². The molecule has 0 aliphatic carbocycles. The average Bonchev–Trinajstić information content (AvgIpc) is 2.58. The second kappa shape index (κ2) is 14.3. The minimum absolute atomic E-state index is 0.105. The summed E-state index contributed by atoms with van der Waals surface area (Å²) < 4.78 is 5.39. The van der Waals surface area contributed by atoms with Crippen LogP contribution >= 0.6 is 11.8 Å². The van der Waals surface area contributed by atoms with Gasteiger partial charge in [0.05, 0.1) is 6.61 Å². The second-order valence-corrected chi connectivity index (χ2v) is 9.05. The molecule has 3 N–H and O–H groups in total. The van der Waals surface area contributed by atoms with Gasteiger partial charge in [-0.05, 0) is 18.1 Å². The van der Waals surface area contributed by atoms with Crippen molar-refractivity contribution in [2.45, 2.75) is 108 Å². The number of rotatable bonds is 14. The molecule has 4 atom stereocenters. The van der Waals surface area contributed by atoms with Crippen molar-refractivity contribution in [3.8, 4) is 0 Å². The third-order valence-electron chi connectivity index (χ3n) is 4.91. The molecule has 1 rings (SSSR count). The third kappa shape index (κ3) is 10.8. The number of unbranched alkanes of at least 4 members (excludes halogenated alkanes) is 9. The molecule has 1 aliphatic rings. The third-order valence-corrected chi connectivity index (χ3v) is 6.18. The van der Waals surface area contributed by atoms with Crippen LogP contribution in [-0.2, 0) is 4.74 Å². The van der Waals surface area contributed by atoms with Gasteiger partial charge in [-0.2, -0.15) is 0 Å². The molecule has 0 aromatic heterocycles. The highest BCUT2D eigenvalue weighted by molar-refractivity contribution is 7.99. The lowest BCUT2D eigenvalue weighted by Gasteiger charge is -2.34. The summed E-state index contributed by atoms with van der Waals surface area (Å²) in [5, 5.41) is 28.9. The number of ether oxygens (including phenoxy) is 1. The van der Waals surface area contributed by atoms with Crippen LogP contribution in [-0.4, -0.2) is 51.4 Å². The van der Waals surface area contributed by atoms with Gasteiger partial charge < -0.3 is 20.1 Å². The molecule has 0 spiro atoms. The van der Waals surface area contributed by atoms with E-state index in [1.165, 1.54) is 64.2 Å². The summed E-state index contributed by atoms with van der Waals surface area (Å²) in [5.41, 5.74) is -0.408. The Kier molecular flexibility index (Phi) is 13.3. The molecule has 1 aliphatic heterocycles. The maximum absolute atomic E-state index is 9.86. The molecular weight excluding hydrogens is 336 g/mol. The molecule has 0 radical (unpaired) electrons. The molecule has 5 heteroatoms. The Morgan fingerprint density at radius 2 is 1.32 bits per heavy atom. The summed E-state index contributed by atoms with van der Waals surface area (Å²) in [4.78, 5) is 0. The van der Waals surface area contributed by atoms with E-state index in [1.54, 1.807) is 11.8 Å². The van der Waals surface area contributed by atoms with Crippen LogP contribution in [0.3, 0.4) is 0 Å². The zero-order chi connectivity index (χ0) is 18.5. The standard InChI is InChI=1S/C20H40O4S/c1-16(2)13-11-9-7-5-3-4-6-8-10-12-14-25-20-19(23)18(22)17(21)15-24-20/h16-23H,3-15H2,1-2H3/t17-,18+,19-,20+/m1/s1. The number of aliphatic hydroxyl groups excluding tert-OH is 3. The number of hydrogen-bond acceptors (Lipinski definition) is 5. The molecule has 0 saturated carbocycles. The Hall–Kier alpha value is 0.190. The molecule has 0 unspecified atom stereocenters. The molecule has 0 aromatic carbocycles. The smallest absolute Gasteiger partial charge is 0.131 e. The summed E-state index contributed by atoms with van der Waals surface area (Å²) in [6, 6.07) is 0. The van der Waals surface area contributed by atoms with Gasteiger partial charge in [-0.25, -0.2) is 0 Å². The van der Waals surface area contributed by atoms with Gasteiger partial charge in [0.2, 0.25) is 0 Å². The molecule has 0 amide bonds. The Bertz CT molecular complexity index is 314. The predicted octanol–water partition coefficient (Wildman–Crippen LogP) is 4.11. The van der Waals surface area contributed by atoms with E-state index >= 15 is 0 Å². The summed E-state index contributed by atoms with van der Waals surface area (Å²) >= 11 is 1.55. The first-order valence-corrected chi connectivity index (χ1v) is 11.3. The van der Waals surface area contributed by atoms with Crippen LogP contribution < -0.4 is 0 Å². The van der Waals surface area contributed by atoms with Crippen LogP contribution in [0.1, 0.15) is 84.5 Å². The van der Waals surface area contributed by atoms with Crippen molar-refractivity contribution in [1.29, 1.82) is 0 Å². The van der Waals surface area contributed by atoms with E-state index in [1.807, 2.05) is 0 Å². The van der Waals surface area contributed by atoms with Gasteiger partial charge in [-0.15, -0.1) is 11.8 Å². The van der Waals surface area contributed by atoms with Crippen molar-refractivity contribution >= 4 is 11.8 Å². The highest BCUT2D eigenvalue weighted by Crippen LogP contribution is 2.25. The first-order chi connectivity index (χ1) is 12.0. The Labute approximate surface area is 158 Å². The van der Waals surface area contributed by atoms with Crippen molar-refractivity contribution in [2.24, 2.45) is 5.92 Å². The lowest BCUT2D eigenvalue weighted by Crippen LogP contribution is -2.51. The van der Waals surface area contributed by atoms with Crippen molar-refractivity contribution in [3.63, 3.8) is 0 Å². The molecule has 1 heterocycles. The molecule has 150 valence electrons. The summed E-state index contributed by atoms with van der Waals surface area (Å²) in [6.07, 6.45) is 11.6. The fraction of sp³-hybridized carbons (Fsp3) is 1.00. The van der Waals surface area contributed by atoms with Crippen LogP contribution in [0.2, 0.25) is 0 Å². The van der Waals surface area contributed by atoms with E-state index in [2.05, 4.69) is 13.8 Å². The van der Waals surface area contributed by atoms with Crippen molar-refractivity contribution in [3.05, 3.63) is 0 Å². The average molecular weight is 377 g/mol. The van der Waals surface area contributed by atoms with Crippen LogP contribution in [0.15, 0.2) is 0 Å². The highest BCUT2D eigenvalue weighted by atomic mass is 32.2. The largest absolute Gasteiger partial charge is 0.388 e. The molecular formula is C20H40O4S. The molecule has 0 aromatic rings. The minimum Gasteiger partial charge on any atom is -0.388 e. The molecule has 1 saturated heterocycles. The van der Waals surface area contributed by atoms with Crippen LogP contribution in [0.25, 0.3) is 0 Å². The zero-order valence-electron chi connectivity index (χ0n) is 16.2. The number of thioether (sulfide) groups is 1. The van der Waals surface area contributed by atoms with Gasteiger partial charge >= 0.3 is 0 Å². The number of hydrogen-bond donors (Lipinski definition) is 3. The van der Waals surface area contributed by atoms with Crippen LogP contribution in [0.4, 0.5) is 0 Å². The normalized spacial score (nSPS) is 27.1. The highest BCUT2D eigenvalue weighted by Gasteiger charge is 2.37. The molecule has 25 heavy (non-hydrogen) atoms. The lowest BCUT2D eigenvalue weighted by atomic mass is 10.0. The van der Waals surface area contributed by atoms with Crippen LogP contribution in [0.5, 0.6) is 0 Å². The second-order valence-electron chi connectivity index (χ2n) is 7.84. The SMILES string of the molecule is CC(C)CCCCCCCCCCCCS[C@@H]1OC[C@@H](O)[C@H](O)[C@H]1O. The van der Waals surface area contributed by atoms with Crippen molar-refractivity contribution < 1.29 is 20.1 Å². The van der Waals surface area contributed by atoms with Gasteiger partial charge in [0, 0.05) is 0 Å². The molecule has 4 nitrogen and oxygen atoms in total. The Morgan fingerprint density at radius 1 is 0.800 bits per heavy atom. The lowest BCUT2D eigenvalue weighted by molar-refractivity contribution is -0.161. The predicted molar refractivity (Wildman–Crippen MR) is 106 cm³/mol. The van der Waals surface area contributed by atoms with Crippen LogP contribution in [0, 0.1) is 5.92 Å². The fourth-order valence-corrected chi connectivity index (χ4v) is 4.33. The maximum atomic E-state index is 9.86. The van der Waals surface area contributed by atoms with Gasteiger partial charge in [-0.1, -0.05) is 78.1 Å². The zero-order valence-corrected chi connectivity index (χ0v) is 17.1. The van der Waals surface area contributed by atoms with Gasteiger partial charge in [0.25, 0.3) is 0 Å². The Morgan fingerprint density at radius 3 is 1.88 bits per heavy atom. The quantitative estimate of drug-likeness (QED) is 0.398. The van der Waals surface area contributed by atoms with E-state index < -0.39 is 23.7 Å². The minimum atomic E-state index is -1.09. The Balaban J connectivity index is 1.83. The first-order valence-electron chi connectivity index (χ1n) is 10.3. The number of aliphatic hydroxyl groups is 3. The fourth-order valence-electron chi connectivity index (χ4n) is 3.19. The van der Waals surface area contributed by atoms with E-state index in [-0.39, 0.29) is 6.61 Å². The molecule has 1 fully saturated rings. The van der Waals surface area contributed by atoms with Gasteiger partial charge in [-0.3, -0.25) is 0 Å². The summed E-state index contributed by atoms with van der Waals surface area (Å²) in [7, 11) is 0. The van der Waals surface area contributed by atoms with E-state index in [4.69, 9.17) is 4.74 Å². The van der Waals surface area contributed by atoms with Gasteiger partial charge in [0.1, 0.15) is 23.7 Å². The van der Waals surface area contributed by atoms with E-state index in [9.17, 15) is 15.3 Å².